The van der Waals surface area contributed by atoms with Crippen LogP contribution in [0.1, 0.15) is 12.5 Å². The number of likely N-dealkylation sites (N-methyl/N-ethyl adjacent to an activating group) is 1. The Kier molecular flexibility index (Phi) is 4.39. The Bertz CT molecular complexity index is 615. The number of nitrogens with zero attached hydrogens (tertiary/aromatic N) is 1. The van der Waals surface area contributed by atoms with Crippen LogP contribution >= 0.6 is 27.7 Å². The fourth-order valence-electron chi connectivity index (χ4n) is 1.64. The average molecular weight is 358 g/mol. The van der Waals surface area contributed by atoms with E-state index in [1.54, 1.807) is 18.2 Å². The summed E-state index contributed by atoms with van der Waals surface area (Å²) in [6.07, 6.45) is 1.60. The monoisotopic (exact) mass is 357 g/mol. The fourth-order valence-corrected chi connectivity index (χ4v) is 2.93. The summed E-state index contributed by atoms with van der Waals surface area (Å²) < 4.78 is 5.78. The molecule has 1 aliphatic heterocycles. The molecule has 0 aromatic heterocycles. The van der Waals surface area contributed by atoms with Gasteiger partial charge in [-0.25, -0.2) is 0 Å². The summed E-state index contributed by atoms with van der Waals surface area (Å²) in [5, 5.41) is 9.52. The van der Waals surface area contributed by atoms with Gasteiger partial charge in [0.2, 0.25) is 0 Å². The van der Waals surface area contributed by atoms with E-state index in [9.17, 15) is 14.7 Å². The van der Waals surface area contributed by atoms with Crippen molar-refractivity contribution in [1.82, 2.24) is 4.90 Å². The van der Waals surface area contributed by atoms with Gasteiger partial charge in [0, 0.05) is 7.05 Å². The Morgan fingerprint density at radius 2 is 2.15 bits per heavy atom. The van der Waals surface area contributed by atoms with E-state index in [-0.39, 0.29) is 16.9 Å². The van der Waals surface area contributed by atoms with Crippen LogP contribution in [0.25, 0.3) is 6.08 Å². The van der Waals surface area contributed by atoms with Crippen LogP contribution < -0.4 is 4.74 Å². The first-order chi connectivity index (χ1) is 9.43. The lowest BCUT2D eigenvalue weighted by molar-refractivity contribution is -0.121. The van der Waals surface area contributed by atoms with Crippen molar-refractivity contribution in [2.75, 3.05) is 13.7 Å². The van der Waals surface area contributed by atoms with E-state index in [2.05, 4.69) is 15.9 Å². The summed E-state index contributed by atoms with van der Waals surface area (Å²) in [6, 6.07) is 3.27. The lowest BCUT2D eigenvalue weighted by Gasteiger charge is -2.08. The van der Waals surface area contributed by atoms with Gasteiger partial charge in [-0.05, 0) is 58.4 Å². The van der Waals surface area contributed by atoms with Crippen LogP contribution in [0, 0.1) is 0 Å². The second-order valence-corrected chi connectivity index (χ2v) is 5.87. The molecule has 0 bridgehead atoms. The molecule has 1 aliphatic rings. The second-order valence-electron chi connectivity index (χ2n) is 4.02. The number of aromatic hydroxyl groups is 1. The number of phenolic OH excluding ortho intramolecular Hbond substituents is 1. The first-order valence-electron chi connectivity index (χ1n) is 5.81. The molecule has 1 fully saturated rings. The average Bonchev–Trinajstić information content (AvgIpc) is 2.63. The van der Waals surface area contributed by atoms with Gasteiger partial charge in [-0.2, -0.15) is 0 Å². The highest BCUT2D eigenvalue weighted by Crippen LogP contribution is 2.37. The molecule has 0 unspecified atom stereocenters. The third kappa shape index (κ3) is 2.83. The van der Waals surface area contributed by atoms with Crippen molar-refractivity contribution in [3.05, 3.63) is 27.1 Å². The highest BCUT2D eigenvalue weighted by atomic mass is 79.9. The summed E-state index contributed by atoms with van der Waals surface area (Å²) in [6.45, 7) is 2.22. The SMILES string of the molecule is CCOc1cc(/C=C2\SC(=O)N(C)C2=O)cc(Br)c1O. The summed E-state index contributed by atoms with van der Waals surface area (Å²) in [5.74, 6) is -0.00129. The Morgan fingerprint density at radius 3 is 2.70 bits per heavy atom. The van der Waals surface area contributed by atoms with Gasteiger partial charge in [-0.15, -0.1) is 0 Å². The Labute approximate surface area is 128 Å². The maximum absolute atomic E-state index is 11.8. The zero-order valence-corrected chi connectivity index (χ0v) is 13.2. The quantitative estimate of drug-likeness (QED) is 0.841. The number of rotatable bonds is 3. The van der Waals surface area contributed by atoms with Gasteiger partial charge in [-0.1, -0.05) is 0 Å². The molecule has 2 rings (SSSR count). The van der Waals surface area contributed by atoms with Gasteiger partial charge in [0.05, 0.1) is 16.0 Å². The number of halogens is 1. The third-order valence-corrected chi connectivity index (χ3v) is 4.20. The zero-order valence-electron chi connectivity index (χ0n) is 10.8. The van der Waals surface area contributed by atoms with E-state index in [1.807, 2.05) is 6.92 Å². The van der Waals surface area contributed by atoms with E-state index < -0.39 is 0 Å². The van der Waals surface area contributed by atoms with Crippen LogP contribution in [-0.2, 0) is 4.79 Å². The lowest BCUT2D eigenvalue weighted by Crippen LogP contribution is -2.22. The third-order valence-electron chi connectivity index (χ3n) is 2.63. The predicted octanol–water partition coefficient (Wildman–Crippen LogP) is 3.22. The van der Waals surface area contributed by atoms with Crippen LogP contribution in [0.15, 0.2) is 21.5 Å². The highest BCUT2D eigenvalue weighted by molar-refractivity contribution is 9.10. The van der Waals surface area contributed by atoms with Gasteiger partial charge < -0.3 is 9.84 Å². The summed E-state index contributed by atoms with van der Waals surface area (Å²) in [4.78, 5) is 24.6. The maximum Gasteiger partial charge on any atom is 0.293 e. The van der Waals surface area contributed by atoms with Crippen molar-refractivity contribution in [2.24, 2.45) is 0 Å². The number of ether oxygens (including phenoxy) is 1. The molecular formula is C13H12BrNO4S. The number of amides is 2. The number of thioether (sulfide) groups is 1. The number of benzene rings is 1. The van der Waals surface area contributed by atoms with E-state index in [0.717, 1.165) is 16.7 Å². The van der Waals surface area contributed by atoms with Gasteiger partial charge >= 0.3 is 0 Å². The van der Waals surface area contributed by atoms with E-state index in [1.165, 1.54) is 7.05 Å². The molecule has 1 heterocycles. The van der Waals surface area contributed by atoms with Crippen LogP contribution in [0.2, 0.25) is 0 Å². The van der Waals surface area contributed by atoms with Crippen LogP contribution in [0.5, 0.6) is 11.5 Å². The van der Waals surface area contributed by atoms with Crippen molar-refractivity contribution in [3.63, 3.8) is 0 Å². The van der Waals surface area contributed by atoms with Crippen LogP contribution in [0.3, 0.4) is 0 Å². The van der Waals surface area contributed by atoms with E-state index in [0.29, 0.717) is 27.3 Å². The first kappa shape index (κ1) is 14.9. The Hall–Kier alpha value is -1.47. The Balaban J connectivity index is 2.39. The molecule has 0 radical (unpaired) electrons. The van der Waals surface area contributed by atoms with E-state index in [4.69, 9.17) is 4.74 Å². The van der Waals surface area contributed by atoms with Gasteiger partial charge in [-0.3, -0.25) is 14.5 Å². The number of phenols is 1. The van der Waals surface area contributed by atoms with Crippen LogP contribution in [0.4, 0.5) is 4.79 Å². The molecule has 1 saturated heterocycles. The second kappa shape index (κ2) is 5.88. The van der Waals surface area contributed by atoms with Crippen molar-refractivity contribution in [2.45, 2.75) is 6.92 Å². The van der Waals surface area contributed by atoms with Gasteiger partial charge in [0.1, 0.15) is 0 Å². The predicted molar refractivity (Wildman–Crippen MR) is 80.7 cm³/mol. The molecule has 1 N–H and O–H groups in total. The minimum absolute atomic E-state index is 0.00703. The molecule has 7 heteroatoms. The number of carbonyl (C=O) groups is 2. The van der Waals surface area contributed by atoms with Crippen molar-refractivity contribution >= 4 is 44.9 Å². The number of hydrogen-bond acceptors (Lipinski definition) is 5. The molecule has 1 aromatic rings. The standard InChI is InChI=1S/C13H12BrNO4S/c1-3-19-9-5-7(4-8(14)11(9)16)6-10-12(17)15(2)13(18)20-10/h4-6,16H,3H2,1-2H3/b10-6-. The molecule has 1 aromatic carbocycles. The topological polar surface area (TPSA) is 66.8 Å². The molecule has 0 atom stereocenters. The van der Waals surface area contributed by atoms with E-state index >= 15 is 0 Å². The molecule has 0 saturated carbocycles. The van der Waals surface area contributed by atoms with Gasteiger partial charge in [0.15, 0.2) is 11.5 Å². The number of carbonyl (C=O) groups excluding carboxylic acids is 2. The minimum atomic E-state index is -0.331. The molecule has 5 nitrogen and oxygen atoms in total. The fraction of sp³-hybridized carbons (Fsp3) is 0.231. The summed E-state index contributed by atoms with van der Waals surface area (Å²) in [5.41, 5.74) is 0.664. The van der Waals surface area contributed by atoms with Gasteiger partial charge in [0.25, 0.3) is 11.1 Å². The molecule has 2 amide bonds. The smallest absolute Gasteiger partial charge is 0.293 e. The summed E-state index contributed by atoms with van der Waals surface area (Å²) in [7, 11) is 1.44. The maximum atomic E-state index is 11.8. The van der Waals surface area contributed by atoms with Crippen molar-refractivity contribution in [3.8, 4) is 11.5 Å². The molecule has 0 spiro atoms. The first-order valence-corrected chi connectivity index (χ1v) is 7.41. The van der Waals surface area contributed by atoms with Crippen LogP contribution in [-0.4, -0.2) is 34.8 Å². The summed E-state index contributed by atoms with van der Waals surface area (Å²) >= 11 is 4.11. The normalized spacial score (nSPS) is 17.1. The van der Waals surface area contributed by atoms with Crippen molar-refractivity contribution < 1.29 is 19.4 Å². The highest BCUT2D eigenvalue weighted by Gasteiger charge is 2.31. The molecule has 106 valence electrons. The molecule has 20 heavy (non-hydrogen) atoms. The largest absolute Gasteiger partial charge is 0.503 e. The zero-order chi connectivity index (χ0) is 14.9. The number of hydrogen-bond donors (Lipinski definition) is 1. The molecule has 0 aliphatic carbocycles. The lowest BCUT2D eigenvalue weighted by atomic mass is 10.2. The Morgan fingerprint density at radius 1 is 1.45 bits per heavy atom. The number of imide groups is 1. The van der Waals surface area contributed by atoms with Crippen molar-refractivity contribution in [1.29, 1.82) is 0 Å². The molecular weight excluding hydrogens is 346 g/mol. The minimum Gasteiger partial charge on any atom is -0.503 e.